The molecular weight excluding hydrogens is 294 g/mol. The van der Waals surface area contributed by atoms with Crippen LogP contribution in [0.5, 0.6) is 0 Å². The lowest BCUT2D eigenvalue weighted by Gasteiger charge is -2.13. The minimum absolute atomic E-state index is 0. The molecule has 1 saturated carbocycles. The number of amides is 2. The van der Waals surface area contributed by atoms with E-state index in [0.717, 1.165) is 12.8 Å². The molecule has 4 N–H and O–H groups in total. The van der Waals surface area contributed by atoms with E-state index >= 15 is 0 Å². The molecule has 1 unspecified atom stereocenters. The molecule has 1 fully saturated rings. The van der Waals surface area contributed by atoms with Gasteiger partial charge in [0.2, 0.25) is 0 Å². The Kier molecular flexibility index (Phi) is 6.61. The first-order valence-electron chi connectivity index (χ1n) is 6.58. The Morgan fingerprint density at radius 2 is 1.95 bits per heavy atom. The molecule has 7 heteroatoms. The standard InChI is InChI=1S/C14H19N3O3.ClH/c1-20-12(8-15)14(19)17-10-4-2-9(3-5-10)13(18)16-11-6-7-11;/h2-5,11-12H,6-8,15H2,1H3,(H,16,18)(H,17,19);1H. The first-order valence-corrected chi connectivity index (χ1v) is 6.58. The molecule has 21 heavy (non-hydrogen) atoms. The summed E-state index contributed by atoms with van der Waals surface area (Å²) >= 11 is 0. The van der Waals surface area contributed by atoms with Crippen LogP contribution in [0.3, 0.4) is 0 Å². The van der Waals surface area contributed by atoms with Crippen LogP contribution in [-0.4, -0.2) is 37.6 Å². The number of carbonyl (C=O) groups is 2. The molecule has 6 nitrogen and oxygen atoms in total. The van der Waals surface area contributed by atoms with Crippen molar-refractivity contribution in [3.8, 4) is 0 Å². The summed E-state index contributed by atoms with van der Waals surface area (Å²) in [7, 11) is 1.43. The summed E-state index contributed by atoms with van der Waals surface area (Å²) in [6.45, 7) is 0.115. The van der Waals surface area contributed by atoms with Gasteiger partial charge in [-0.3, -0.25) is 9.59 Å². The second kappa shape index (κ2) is 7.97. The van der Waals surface area contributed by atoms with Crippen molar-refractivity contribution in [3.63, 3.8) is 0 Å². The third kappa shape index (κ3) is 5.00. The summed E-state index contributed by atoms with van der Waals surface area (Å²) in [5.74, 6) is -0.382. The molecule has 1 aliphatic carbocycles. The maximum atomic E-state index is 11.8. The van der Waals surface area contributed by atoms with Gasteiger partial charge in [-0.25, -0.2) is 0 Å². The first-order chi connectivity index (χ1) is 9.63. The van der Waals surface area contributed by atoms with Gasteiger partial charge in [0.25, 0.3) is 11.8 Å². The summed E-state index contributed by atoms with van der Waals surface area (Å²) in [6, 6.07) is 7.05. The molecular formula is C14H20ClN3O3. The van der Waals surface area contributed by atoms with Crippen molar-refractivity contribution >= 4 is 29.9 Å². The van der Waals surface area contributed by atoms with Gasteiger partial charge in [-0.15, -0.1) is 12.4 Å². The number of anilines is 1. The molecule has 116 valence electrons. The van der Waals surface area contributed by atoms with Crippen LogP contribution in [0.4, 0.5) is 5.69 Å². The van der Waals surface area contributed by atoms with Crippen molar-refractivity contribution in [2.45, 2.75) is 25.0 Å². The van der Waals surface area contributed by atoms with Crippen molar-refractivity contribution in [2.24, 2.45) is 5.73 Å². The van der Waals surface area contributed by atoms with E-state index in [0.29, 0.717) is 17.3 Å². The van der Waals surface area contributed by atoms with Crippen molar-refractivity contribution in [1.82, 2.24) is 5.32 Å². The molecule has 0 bridgehead atoms. The number of carbonyl (C=O) groups excluding carboxylic acids is 2. The number of nitrogens with two attached hydrogens (primary N) is 1. The molecule has 2 amide bonds. The molecule has 1 aliphatic rings. The van der Waals surface area contributed by atoms with Crippen LogP contribution in [-0.2, 0) is 9.53 Å². The fourth-order valence-corrected chi connectivity index (χ4v) is 1.73. The van der Waals surface area contributed by atoms with Crippen molar-refractivity contribution in [1.29, 1.82) is 0 Å². The Bertz CT molecular complexity index is 485. The molecule has 0 saturated heterocycles. The molecule has 0 aliphatic heterocycles. The highest BCUT2D eigenvalue weighted by atomic mass is 35.5. The predicted octanol–water partition coefficient (Wildman–Crippen LogP) is 0.913. The summed E-state index contributed by atoms with van der Waals surface area (Å²) in [5, 5.41) is 5.59. The highest BCUT2D eigenvalue weighted by molar-refractivity contribution is 5.97. The zero-order valence-electron chi connectivity index (χ0n) is 11.8. The van der Waals surface area contributed by atoms with Crippen LogP contribution >= 0.6 is 12.4 Å². The third-order valence-electron chi connectivity index (χ3n) is 3.12. The number of benzene rings is 1. The van der Waals surface area contributed by atoms with Gasteiger partial charge in [-0.2, -0.15) is 0 Å². The predicted molar refractivity (Wildman–Crippen MR) is 82.7 cm³/mol. The van der Waals surface area contributed by atoms with E-state index in [2.05, 4.69) is 10.6 Å². The Balaban J connectivity index is 0.00000220. The Hall–Kier alpha value is -1.63. The lowest BCUT2D eigenvalue weighted by Crippen LogP contribution is -2.35. The van der Waals surface area contributed by atoms with Gasteiger partial charge >= 0.3 is 0 Å². The molecule has 1 atom stereocenters. The third-order valence-corrected chi connectivity index (χ3v) is 3.12. The van der Waals surface area contributed by atoms with Crippen LogP contribution in [0, 0.1) is 0 Å². The second-order valence-corrected chi connectivity index (χ2v) is 4.77. The minimum Gasteiger partial charge on any atom is -0.370 e. The Morgan fingerprint density at radius 3 is 2.43 bits per heavy atom. The van der Waals surface area contributed by atoms with Gasteiger partial charge in [-0.05, 0) is 37.1 Å². The van der Waals surface area contributed by atoms with Gasteiger partial charge in [0.05, 0.1) is 0 Å². The Labute approximate surface area is 129 Å². The number of ether oxygens (including phenoxy) is 1. The number of hydrogen-bond acceptors (Lipinski definition) is 4. The Morgan fingerprint density at radius 1 is 1.33 bits per heavy atom. The first kappa shape index (κ1) is 17.4. The van der Waals surface area contributed by atoms with Gasteiger partial charge in [0.15, 0.2) is 0 Å². The minimum atomic E-state index is -0.673. The highest BCUT2D eigenvalue weighted by Gasteiger charge is 2.23. The SMILES string of the molecule is COC(CN)C(=O)Nc1ccc(C(=O)NC2CC2)cc1.Cl. The fraction of sp³-hybridized carbons (Fsp3) is 0.429. The number of halogens is 1. The number of rotatable bonds is 6. The second-order valence-electron chi connectivity index (χ2n) is 4.77. The monoisotopic (exact) mass is 313 g/mol. The zero-order valence-corrected chi connectivity index (χ0v) is 12.6. The molecule has 0 heterocycles. The quantitative estimate of drug-likeness (QED) is 0.728. The lowest BCUT2D eigenvalue weighted by atomic mass is 10.2. The van der Waals surface area contributed by atoms with Crippen molar-refractivity contribution in [3.05, 3.63) is 29.8 Å². The summed E-state index contributed by atoms with van der Waals surface area (Å²) < 4.78 is 4.94. The molecule has 0 radical (unpaired) electrons. The van der Waals surface area contributed by atoms with Crippen LogP contribution in [0.2, 0.25) is 0 Å². The zero-order chi connectivity index (χ0) is 14.5. The number of nitrogens with one attached hydrogen (secondary N) is 2. The average molecular weight is 314 g/mol. The van der Waals surface area contributed by atoms with Crippen LogP contribution in [0.25, 0.3) is 0 Å². The highest BCUT2D eigenvalue weighted by Crippen LogP contribution is 2.19. The van der Waals surface area contributed by atoms with E-state index in [1.54, 1.807) is 24.3 Å². The molecule has 0 spiro atoms. The van der Waals surface area contributed by atoms with E-state index in [1.165, 1.54) is 7.11 Å². The summed E-state index contributed by atoms with van der Waals surface area (Å²) in [5.41, 5.74) is 6.60. The molecule has 0 aromatic heterocycles. The van der Waals surface area contributed by atoms with E-state index in [-0.39, 0.29) is 30.8 Å². The molecule has 1 aromatic rings. The van der Waals surface area contributed by atoms with Crippen LogP contribution in [0.1, 0.15) is 23.2 Å². The van der Waals surface area contributed by atoms with Crippen molar-refractivity contribution < 1.29 is 14.3 Å². The van der Waals surface area contributed by atoms with Gasteiger partial charge < -0.3 is 21.1 Å². The largest absolute Gasteiger partial charge is 0.370 e. The van der Waals surface area contributed by atoms with E-state index in [1.807, 2.05) is 0 Å². The van der Waals surface area contributed by atoms with Gasteiger partial charge in [-0.1, -0.05) is 0 Å². The maximum Gasteiger partial charge on any atom is 0.254 e. The summed E-state index contributed by atoms with van der Waals surface area (Å²) in [4.78, 5) is 23.5. The van der Waals surface area contributed by atoms with Gasteiger partial charge in [0.1, 0.15) is 6.10 Å². The topological polar surface area (TPSA) is 93.4 Å². The van der Waals surface area contributed by atoms with E-state index in [9.17, 15) is 9.59 Å². The maximum absolute atomic E-state index is 11.8. The van der Waals surface area contributed by atoms with E-state index < -0.39 is 6.10 Å². The van der Waals surface area contributed by atoms with Crippen LogP contribution < -0.4 is 16.4 Å². The molecule has 2 rings (SSSR count). The van der Waals surface area contributed by atoms with E-state index in [4.69, 9.17) is 10.5 Å². The average Bonchev–Trinajstić information content (AvgIpc) is 3.25. The lowest BCUT2D eigenvalue weighted by molar-refractivity contribution is -0.125. The van der Waals surface area contributed by atoms with Gasteiger partial charge in [0, 0.05) is 30.9 Å². The van der Waals surface area contributed by atoms with Crippen molar-refractivity contribution in [2.75, 3.05) is 19.0 Å². The smallest absolute Gasteiger partial charge is 0.254 e. The normalized spacial score (nSPS) is 14.8. The fourth-order valence-electron chi connectivity index (χ4n) is 1.73. The van der Waals surface area contributed by atoms with Crippen LogP contribution in [0.15, 0.2) is 24.3 Å². The molecule has 1 aromatic carbocycles. The number of methoxy groups -OCH3 is 1. The number of hydrogen-bond donors (Lipinski definition) is 3. The summed E-state index contributed by atoms with van der Waals surface area (Å²) in [6.07, 6.45) is 1.43.